The number of anilines is 1. The molecule has 0 saturated carbocycles. The summed E-state index contributed by atoms with van der Waals surface area (Å²) in [5.41, 5.74) is 5.11. The van der Waals surface area contributed by atoms with Crippen molar-refractivity contribution in [3.05, 3.63) is 29.3 Å². The number of nitrogens with zero attached hydrogens (tertiary/aromatic N) is 1. The Hall–Kier alpha value is -1.25. The summed E-state index contributed by atoms with van der Waals surface area (Å²) in [6, 6.07) is 1.95. The van der Waals surface area contributed by atoms with Gasteiger partial charge in [0.1, 0.15) is 11.5 Å². The minimum Gasteiger partial charge on any atom is -0.329 e. The normalized spacial score (nSPS) is 20.5. The minimum atomic E-state index is -4.04. The van der Waals surface area contributed by atoms with E-state index in [-0.39, 0.29) is 18.2 Å². The van der Waals surface area contributed by atoms with Crippen molar-refractivity contribution in [3.63, 3.8) is 0 Å². The first kappa shape index (κ1) is 16.1. The van der Waals surface area contributed by atoms with Gasteiger partial charge in [-0.25, -0.2) is 8.78 Å². The number of hydrogen-bond donors (Lipinski definition) is 2. The highest BCUT2D eigenvalue weighted by Crippen LogP contribution is 2.26. The molecular formula is C13H19F2N3O2S. The van der Waals surface area contributed by atoms with Gasteiger partial charge in [-0.3, -0.25) is 4.72 Å². The van der Waals surface area contributed by atoms with E-state index >= 15 is 0 Å². The van der Waals surface area contributed by atoms with E-state index < -0.39 is 27.5 Å². The molecule has 1 heterocycles. The second-order valence-electron chi connectivity index (χ2n) is 5.16. The van der Waals surface area contributed by atoms with Crippen molar-refractivity contribution >= 4 is 15.9 Å². The third kappa shape index (κ3) is 3.33. The zero-order chi connectivity index (χ0) is 15.6. The Morgan fingerprint density at radius 3 is 2.76 bits per heavy atom. The third-order valence-electron chi connectivity index (χ3n) is 3.67. The van der Waals surface area contributed by atoms with E-state index in [1.807, 2.05) is 4.72 Å². The summed E-state index contributed by atoms with van der Waals surface area (Å²) in [5.74, 6) is -1.84. The Labute approximate surface area is 123 Å². The predicted octanol–water partition coefficient (Wildman–Crippen LogP) is 1.74. The molecule has 1 saturated heterocycles. The molecule has 1 fully saturated rings. The molecule has 1 atom stereocenters. The van der Waals surface area contributed by atoms with Crippen LogP contribution in [0.5, 0.6) is 0 Å². The fraction of sp³-hybridized carbons (Fsp3) is 0.538. The van der Waals surface area contributed by atoms with Gasteiger partial charge >= 0.3 is 10.2 Å². The van der Waals surface area contributed by atoms with E-state index in [4.69, 9.17) is 5.73 Å². The lowest BCUT2D eigenvalue weighted by atomic mass is 10.1. The number of nitrogens with two attached hydrogens (primary N) is 1. The van der Waals surface area contributed by atoms with E-state index in [0.29, 0.717) is 19.4 Å². The molecule has 1 aromatic carbocycles. The van der Waals surface area contributed by atoms with Crippen molar-refractivity contribution in [2.75, 3.05) is 17.8 Å². The molecule has 0 aliphatic carbocycles. The first-order valence-electron chi connectivity index (χ1n) is 6.81. The zero-order valence-electron chi connectivity index (χ0n) is 11.8. The lowest BCUT2D eigenvalue weighted by molar-refractivity contribution is 0.259. The Morgan fingerprint density at radius 1 is 1.38 bits per heavy atom. The Bertz CT molecular complexity index is 622. The van der Waals surface area contributed by atoms with Crippen molar-refractivity contribution in [2.24, 2.45) is 5.73 Å². The topological polar surface area (TPSA) is 75.4 Å². The van der Waals surface area contributed by atoms with Gasteiger partial charge in [0, 0.05) is 19.1 Å². The number of benzene rings is 1. The van der Waals surface area contributed by atoms with E-state index in [9.17, 15) is 17.2 Å². The van der Waals surface area contributed by atoms with Gasteiger partial charge in [-0.2, -0.15) is 12.7 Å². The Kier molecular flexibility index (Phi) is 4.80. The van der Waals surface area contributed by atoms with Gasteiger partial charge in [-0.15, -0.1) is 0 Å². The molecule has 1 unspecified atom stereocenters. The summed E-state index contributed by atoms with van der Waals surface area (Å²) in [6.07, 6.45) is 2.24. The number of nitrogens with one attached hydrogen (secondary N) is 1. The molecule has 0 bridgehead atoms. The molecule has 0 radical (unpaired) electrons. The molecule has 1 aliphatic rings. The van der Waals surface area contributed by atoms with Crippen molar-refractivity contribution in [1.29, 1.82) is 0 Å². The van der Waals surface area contributed by atoms with Gasteiger partial charge in [0.25, 0.3) is 0 Å². The number of rotatable bonds is 4. The molecule has 8 heteroatoms. The highest BCUT2D eigenvalue weighted by molar-refractivity contribution is 7.90. The van der Waals surface area contributed by atoms with Gasteiger partial charge in [0.15, 0.2) is 5.82 Å². The highest BCUT2D eigenvalue weighted by atomic mass is 32.2. The average molecular weight is 319 g/mol. The van der Waals surface area contributed by atoms with Gasteiger partial charge in [-0.05, 0) is 31.4 Å². The summed E-state index contributed by atoms with van der Waals surface area (Å²) in [4.78, 5) is 0. The first-order valence-corrected chi connectivity index (χ1v) is 8.25. The lowest BCUT2D eigenvalue weighted by Gasteiger charge is -2.33. The van der Waals surface area contributed by atoms with Crippen molar-refractivity contribution in [1.82, 2.24) is 4.31 Å². The number of piperidine rings is 1. The molecule has 1 aromatic rings. The second kappa shape index (κ2) is 6.25. The summed E-state index contributed by atoms with van der Waals surface area (Å²) in [6.45, 7) is 1.92. The maximum absolute atomic E-state index is 13.9. The van der Waals surface area contributed by atoms with Crippen LogP contribution in [0.25, 0.3) is 0 Å². The second-order valence-corrected chi connectivity index (χ2v) is 6.78. The van der Waals surface area contributed by atoms with E-state index in [1.165, 1.54) is 17.3 Å². The fourth-order valence-electron chi connectivity index (χ4n) is 2.46. The number of aryl methyl sites for hydroxylation is 1. The van der Waals surface area contributed by atoms with Gasteiger partial charge < -0.3 is 5.73 Å². The van der Waals surface area contributed by atoms with Crippen molar-refractivity contribution in [3.8, 4) is 0 Å². The van der Waals surface area contributed by atoms with Crippen molar-refractivity contribution < 1.29 is 17.2 Å². The van der Waals surface area contributed by atoms with Crippen LogP contribution in [-0.2, 0) is 10.2 Å². The number of halogens is 2. The van der Waals surface area contributed by atoms with Crippen LogP contribution in [0.15, 0.2) is 12.1 Å². The lowest BCUT2D eigenvalue weighted by Crippen LogP contribution is -2.49. The zero-order valence-corrected chi connectivity index (χ0v) is 12.6. The summed E-state index contributed by atoms with van der Waals surface area (Å²) in [5, 5.41) is 0. The monoisotopic (exact) mass is 319 g/mol. The molecule has 118 valence electrons. The molecule has 5 nitrogen and oxygen atoms in total. The van der Waals surface area contributed by atoms with Crippen LogP contribution in [0.2, 0.25) is 0 Å². The molecule has 0 spiro atoms. The summed E-state index contributed by atoms with van der Waals surface area (Å²) >= 11 is 0. The van der Waals surface area contributed by atoms with Crippen LogP contribution in [0, 0.1) is 18.6 Å². The smallest absolute Gasteiger partial charge is 0.302 e. The number of hydrogen-bond acceptors (Lipinski definition) is 3. The maximum atomic E-state index is 13.9. The Morgan fingerprint density at radius 2 is 2.10 bits per heavy atom. The van der Waals surface area contributed by atoms with Crippen LogP contribution in [-0.4, -0.2) is 31.9 Å². The molecule has 0 aromatic heterocycles. The van der Waals surface area contributed by atoms with Gasteiger partial charge in [-0.1, -0.05) is 12.5 Å². The SMILES string of the molecule is Cc1ccc(F)c(NS(=O)(=O)N2CCCCC2CN)c1F. The quantitative estimate of drug-likeness (QED) is 0.887. The Balaban J connectivity index is 2.31. The summed E-state index contributed by atoms with van der Waals surface area (Å²) in [7, 11) is -4.04. The highest BCUT2D eigenvalue weighted by Gasteiger charge is 2.32. The minimum absolute atomic E-state index is 0.170. The fourth-order valence-corrected chi connectivity index (χ4v) is 3.98. The summed E-state index contributed by atoms with van der Waals surface area (Å²) < 4.78 is 55.6. The standard InChI is InChI=1S/C13H19F2N3O2S/c1-9-5-6-11(14)13(12(9)15)17-21(19,20)18-7-3-2-4-10(18)8-16/h5-6,10,17H,2-4,7-8,16H2,1H3. The van der Waals surface area contributed by atoms with E-state index in [2.05, 4.69) is 0 Å². The van der Waals surface area contributed by atoms with E-state index in [1.54, 1.807) is 0 Å². The van der Waals surface area contributed by atoms with Crippen molar-refractivity contribution in [2.45, 2.75) is 32.2 Å². The van der Waals surface area contributed by atoms with E-state index in [0.717, 1.165) is 12.5 Å². The molecule has 21 heavy (non-hydrogen) atoms. The molecule has 1 aliphatic heterocycles. The largest absolute Gasteiger partial charge is 0.329 e. The molecule has 0 amide bonds. The van der Waals surface area contributed by atoms with Crippen LogP contribution in [0.3, 0.4) is 0 Å². The van der Waals surface area contributed by atoms with Crippen LogP contribution in [0.4, 0.5) is 14.5 Å². The molecular weight excluding hydrogens is 300 g/mol. The predicted molar refractivity (Wildman–Crippen MR) is 77.0 cm³/mol. The molecule has 3 N–H and O–H groups in total. The molecule has 2 rings (SSSR count). The van der Waals surface area contributed by atoms with Gasteiger partial charge in [0.2, 0.25) is 0 Å². The third-order valence-corrected chi connectivity index (χ3v) is 5.23. The maximum Gasteiger partial charge on any atom is 0.302 e. The van der Waals surface area contributed by atoms with Crippen LogP contribution < -0.4 is 10.5 Å². The average Bonchev–Trinajstić information content (AvgIpc) is 2.47. The van der Waals surface area contributed by atoms with Crippen LogP contribution >= 0.6 is 0 Å². The van der Waals surface area contributed by atoms with Gasteiger partial charge in [0.05, 0.1) is 0 Å². The van der Waals surface area contributed by atoms with Crippen LogP contribution in [0.1, 0.15) is 24.8 Å². The first-order chi connectivity index (χ1) is 9.86.